The van der Waals surface area contributed by atoms with Crippen molar-refractivity contribution in [3.8, 4) is 5.75 Å². The zero-order chi connectivity index (χ0) is 16.4. The molecule has 5 nitrogen and oxygen atoms in total. The molecule has 3 rings (SSSR count). The second-order valence-corrected chi connectivity index (χ2v) is 7.20. The molecule has 1 atom stereocenters. The van der Waals surface area contributed by atoms with Gasteiger partial charge in [-0.1, -0.05) is 36.9 Å². The van der Waals surface area contributed by atoms with Crippen molar-refractivity contribution in [1.29, 1.82) is 0 Å². The van der Waals surface area contributed by atoms with E-state index in [2.05, 4.69) is 11.9 Å². The summed E-state index contributed by atoms with van der Waals surface area (Å²) in [5.74, 6) is 0.718. The van der Waals surface area contributed by atoms with Crippen LogP contribution in [-0.2, 0) is 10.0 Å². The first-order chi connectivity index (χ1) is 11.0. The number of rotatable bonds is 4. The molecule has 120 valence electrons. The van der Waals surface area contributed by atoms with Crippen LogP contribution in [0.15, 0.2) is 66.1 Å². The van der Waals surface area contributed by atoms with Crippen LogP contribution in [0.25, 0.3) is 0 Å². The normalized spacial score (nSPS) is 19.4. The van der Waals surface area contributed by atoms with Gasteiger partial charge in [0, 0.05) is 7.05 Å². The van der Waals surface area contributed by atoms with Gasteiger partial charge in [-0.05, 0) is 29.8 Å². The Balaban J connectivity index is 1.93. The van der Waals surface area contributed by atoms with Crippen LogP contribution in [0.5, 0.6) is 5.75 Å². The molecular weight excluding hydrogens is 312 g/mol. The van der Waals surface area contributed by atoms with E-state index < -0.39 is 16.2 Å². The molecule has 0 saturated carbocycles. The molecule has 0 aromatic heterocycles. The minimum atomic E-state index is -3.52. The van der Waals surface area contributed by atoms with Crippen molar-refractivity contribution in [3.05, 3.63) is 66.7 Å². The van der Waals surface area contributed by atoms with Crippen molar-refractivity contribution >= 4 is 15.7 Å². The fourth-order valence-electron chi connectivity index (χ4n) is 2.54. The van der Waals surface area contributed by atoms with Gasteiger partial charge in [-0.15, -0.1) is 0 Å². The molecule has 0 radical (unpaired) electrons. The van der Waals surface area contributed by atoms with Crippen molar-refractivity contribution in [1.82, 2.24) is 4.31 Å². The van der Waals surface area contributed by atoms with Gasteiger partial charge in [0.15, 0.2) is 0 Å². The third-order valence-corrected chi connectivity index (χ3v) is 5.64. The summed E-state index contributed by atoms with van der Waals surface area (Å²) >= 11 is 0. The Bertz CT molecular complexity index is 816. The lowest BCUT2D eigenvalue weighted by Crippen LogP contribution is -2.39. The van der Waals surface area contributed by atoms with E-state index >= 15 is 0 Å². The van der Waals surface area contributed by atoms with Crippen LogP contribution in [0.1, 0.15) is 11.7 Å². The molecule has 0 saturated heterocycles. The van der Waals surface area contributed by atoms with E-state index in [1.54, 1.807) is 31.3 Å². The van der Waals surface area contributed by atoms with E-state index in [1.807, 2.05) is 30.3 Å². The number of fused-ring (bicyclic) bond motifs is 1. The van der Waals surface area contributed by atoms with E-state index in [1.165, 1.54) is 4.31 Å². The summed E-state index contributed by atoms with van der Waals surface area (Å²) in [5, 5.41) is 3.27. The van der Waals surface area contributed by atoms with Gasteiger partial charge < -0.3 is 10.1 Å². The molecule has 0 aliphatic carbocycles. The Morgan fingerprint density at radius 3 is 2.61 bits per heavy atom. The van der Waals surface area contributed by atoms with Gasteiger partial charge in [-0.25, -0.2) is 8.42 Å². The largest absolute Gasteiger partial charge is 0.490 e. The average molecular weight is 330 g/mol. The van der Waals surface area contributed by atoms with Crippen molar-refractivity contribution in [2.45, 2.75) is 11.1 Å². The third kappa shape index (κ3) is 2.83. The van der Waals surface area contributed by atoms with Crippen LogP contribution in [0.3, 0.4) is 0 Å². The van der Waals surface area contributed by atoms with E-state index in [4.69, 9.17) is 4.74 Å². The van der Waals surface area contributed by atoms with Gasteiger partial charge in [-0.3, -0.25) is 0 Å². The third-order valence-electron chi connectivity index (χ3n) is 3.76. The molecule has 0 bridgehead atoms. The molecule has 1 aliphatic rings. The smallest absolute Gasteiger partial charge is 0.246 e. The summed E-state index contributed by atoms with van der Waals surface area (Å²) in [5.41, 5.74) is 1.46. The van der Waals surface area contributed by atoms with Crippen LogP contribution in [-0.4, -0.2) is 26.4 Å². The molecule has 23 heavy (non-hydrogen) atoms. The minimum absolute atomic E-state index is 0.296. The fraction of sp³-hybridized carbons (Fsp3) is 0.176. The lowest BCUT2D eigenvalue weighted by atomic mass is 10.1. The number of hydrogen-bond donors (Lipinski definition) is 1. The predicted molar refractivity (Wildman–Crippen MR) is 89.9 cm³/mol. The molecule has 0 amide bonds. The number of anilines is 1. The number of benzene rings is 2. The monoisotopic (exact) mass is 330 g/mol. The Morgan fingerprint density at radius 2 is 1.91 bits per heavy atom. The highest BCUT2D eigenvalue weighted by Crippen LogP contribution is 2.37. The van der Waals surface area contributed by atoms with Crippen LogP contribution >= 0.6 is 0 Å². The van der Waals surface area contributed by atoms with E-state index in [0.29, 0.717) is 17.2 Å². The summed E-state index contributed by atoms with van der Waals surface area (Å²) in [4.78, 5) is 0.296. The highest BCUT2D eigenvalue weighted by molar-refractivity contribution is 7.89. The maximum absolute atomic E-state index is 12.6. The van der Waals surface area contributed by atoms with Gasteiger partial charge in [-0.2, -0.15) is 4.31 Å². The first-order valence-corrected chi connectivity index (χ1v) is 8.65. The number of nitrogens with zero attached hydrogens (tertiary/aromatic N) is 1. The molecule has 1 N–H and O–H groups in total. The highest BCUT2D eigenvalue weighted by atomic mass is 32.2. The van der Waals surface area contributed by atoms with Crippen LogP contribution in [0.4, 0.5) is 5.69 Å². The molecule has 2 aromatic carbocycles. The van der Waals surface area contributed by atoms with E-state index in [9.17, 15) is 8.42 Å². The molecular formula is C17H18N2O3S. The molecule has 0 spiro atoms. The zero-order valence-electron chi connectivity index (χ0n) is 12.8. The Kier molecular flexibility index (Phi) is 4.11. The number of ether oxygens (including phenoxy) is 1. The topological polar surface area (TPSA) is 58.6 Å². The summed E-state index contributed by atoms with van der Waals surface area (Å²) in [7, 11) is -1.94. The van der Waals surface area contributed by atoms with Gasteiger partial charge in [0.25, 0.3) is 0 Å². The molecule has 2 aromatic rings. The fourth-order valence-corrected chi connectivity index (χ4v) is 3.96. The molecule has 6 heteroatoms. The number of sulfonamides is 1. The second-order valence-electron chi connectivity index (χ2n) is 5.23. The Labute approximate surface area is 136 Å². The second kappa shape index (κ2) is 6.06. The summed E-state index contributed by atoms with van der Waals surface area (Å²) < 4.78 is 32.1. The SMILES string of the molecule is C=CCOc1ccc(C2Nc3ccccc3S(=O)(=O)N2C)cc1. The zero-order valence-corrected chi connectivity index (χ0v) is 13.6. The van der Waals surface area contributed by atoms with Gasteiger partial charge in [0.2, 0.25) is 10.0 Å². The maximum atomic E-state index is 12.6. The van der Waals surface area contributed by atoms with Crippen molar-refractivity contribution < 1.29 is 13.2 Å². The van der Waals surface area contributed by atoms with Crippen LogP contribution in [0, 0.1) is 0 Å². The first kappa shape index (κ1) is 15.6. The lowest BCUT2D eigenvalue weighted by molar-refractivity contribution is 0.362. The van der Waals surface area contributed by atoms with E-state index in [0.717, 1.165) is 11.3 Å². The lowest BCUT2D eigenvalue weighted by Gasteiger charge is -2.35. The number of nitrogens with one attached hydrogen (secondary N) is 1. The quantitative estimate of drug-likeness (QED) is 0.876. The maximum Gasteiger partial charge on any atom is 0.246 e. The summed E-state index contributed by atoms with van der Waals surface area (Å²) in [6.07, 6.45) is 1.22. The summed E-state index contributed by atoms with van der Waals surface area (Å²) in [6, 6.07) is 14.3. The van der Waals surface area contributed by atoms with Gasteiger partial charge in [0.1, 0.15) is 23.4 Å². The van der Waals surface area contributed by atoms with Gasteiger partial charge >= 0.3 is 0 Å². The van der Waals surface area contributed by atoms with E-state index in [-0.39, 0.29) is 0 Å². The van der Waals surface area contributed by atoms with Crippen molar-refractivity contribution in [2.75, 3.05) is 19.0 Å². The number of hydrogen-bond acceptors (Lipinski definition) is 4. The predicted octanol–water partition coefficient (Wildman–Crippen LogP) is 3.00. The average Bonchev–Trinajstić information content (AvgIpc) is 2.57. The summed E-state index contributed by atoms with van der Waals surface area (Å²) in [6.45, 7) is 4.04. The minimum Gasteiger partial charge on any atom is -0.490 e. The van der Waals surface area contributed by atoms with Gasteiger partial charge in [0.05, 0.1) is 5.69 Å². The van der Waals surface area contributed by atoms with Crippen molar-refractivity contribution in [3.63, 3.8) is 0 Å². The first-order valence-electron chi connectivity index (χ1n) is 7.21. The molecule has 1 heterocycles. The molecule has 0 fully saturated rings. The molecule has 1 aliphatic heterocycles. The number of para-hydroxylation sites is 1. The highest BCUT2D eigenvalue weighted by Gasteiger charge is 2.35. The Hall–Kier alpha value is -2.31. The Morgan fingerprint density at radius 1 is 1.22 bits per heavy atom. The standard InChI is InChI=1S/C17H18N2O3S/c1-3-12-22-14-10-8-13(9-11-14)17-18-15-6-4-5-7-16(15)23(20,21)19(17)2/h3-11,17-18H,1,12H2,2H3. The van der Waals surface area contributed by atoms with Crippen LogP contribution in [0.2, 0.25) is 0 Å². The molecule has 1 unspecified atom stereocenters. The van der Waals surface area contributed by atoms with Crippen molar-refractivity contribution in [2.24, 2.45) is 0 Å². The van der Waals surface area contributed by atoms with Crippen LogP contribution < -0.4 is 10.1 Å².